The van der Waals surface area contributed by atoms with Crippen molar-refractivity contribution in [3.8, 4) is 0 Å². The van der Waals surface area contributed by atoms with Gasteiger partial charge in [0.05, 0.1) is 4.92 Å². The van der Waals surface area contributed by atoms with E-state index >= 15 is 0 Å². The second-order valence-electron chi connectivity index (χ2n) is 3.05. The molecule has 0 N–H and O–H groups in total. The summed E-state index contributed by atoms with van der Waals surface area (Å²) in [4.78, 5) is 14.6. The molecule has 5 nitrogen and oxygen atoms in total. The molecule has 0 amide bonds. The molecule has 0 aromatic carbocycles. The largest absolute Gasteiger partial charge is 0.331 e. The maximum Gasteiger partial charge on any atom is 0.283 e. The van der Waals surface area contributed by atoms with Gasteiger partial charge in [-0.1, -0.05) is 0 Å². The quantitative estimate of drug-likeness (QED) is 0.486. The molecular weight excluding hydrogens is 309 g/mol. The van der Waals surface area contributed by atoms with Crippen molar-refractivity contribution < 1.29 is 4.92 Å². The van der Waals surface area contributed by atoms with E-state index in [1.54, 1.807) is 0 Å². The van der Waals surface area contributed by atoms with Crippen LogP contribution in [0.1, 0.15) is 6.92 Å². The molecule has 2 rings (SSSR count). The fraction of sp³-hybridized carbons (Fsp3) is 0.222. The normalized spacial score (nSPS) is 10.8. The predicted octanol–water partition coefficient (Wildman–Crippen LogP) is 2.57. The van der Waals surface area contributed by atoms with Crippen LogP contribution in [0.15, 0.2) is 18.5 Å². The van der Waals surface area contributed by atoms with Crippen LogP contribution in [0, 0.1) is 13.7 Å². The first-order chi connectivity index (χ1) is 7.15. The lowest BCUT2D eigenvalue weighted by atomic mass is 10.3. The van der Waals surface area contributed by atoms with Crippen molar-refractivity contribution in [2.24, 2.45) is 0 Å². The molecule has 78 valence electrons. The number of fused-ring (bicyclic) bond motifs is 1. The van der Waals surface area contributed by atoms with Crippen LogP contribution in [-0.2, 0) is 6.54 Å². The fourth-order valence-corrected chi connectivity index (χ4v) is 2.40. The van der Waals surface area contributed by atoms with E-state index in [-0.39, 0.29) is 10.6 Å². The van der Waals surface area contributed by atoms with Gasteiger partial charge in [-0.15, -0.1) is 0 Å². The first kappa shape index (κ1) is 10.3. The smallest absolute Gasteiger partial charge is 0.283 e. The van der Waals surface area contributed by atoms with Crippen molar-refractivity contribution in [1.82, 2.24) is 9.55 Å². The van der Waals surface area contributed by atoms with Gasteiger partial charge in [-0.25, -0.2) is 4.98 Å². The first-order valence-electron chi connectivity index (χ1n) is 4.43. The average molecular weight is 317 g/mol. The van der Waals surface area contributed by atoms with Gasteiger partial charge in [-0.3, -0.25) is 10.1 Å². The minimum absolute atomic E-state index is 0.122. The van der Waals surface area contributed by atoms with Crippen LogP contribution in [0.5, 0.6) is 0 Å². The van der Waals surface area contributed by atoms with Gasteiger partial charge >= 0.3 is 0 Å². The molecule has 2 aromatic rings. The summed E-state index contributed by atoms with van der Waals surface area (Å²) in [6, 6.07) is 1.44. The van der Waals surface area contributed by atoms with Gasteiger partial charge in [0.15, 0.2) is 0 Å². The second-order valence-corrected chi connectivity index (χ2v) is 4.21. The van der Waals surface area contributed by atoms with E-state index in [0.717, 1.165) is 10.1 Å². The van der Waals surface area contributed by atoms with Crippen LogP contribution >= 0.6 is 22.6 Å². The Balaban J connectivity index is 2.86. The Morgan fingerprint density at radius 1 is 1.67 bits per heavy atom. The first-order valence-corrected chi connectivity index (χ1v) is 5.50. The highest BCUT2D eigenvalue weighted by Gasteiger charge is 2.18. The highest BCUT2D eigenvalue weighted by Crippen LogP contribution is 2.29. The molecule has 0 fully saturated rings. The maximum absolute atomic E-state index is 10.8. The zero-order valence-corrected chi connectivity index (χ0v) is 10.1. The molecule has 0 aliphatic rings. The highest BCUT2D eigenvalue weighted by atomic mass is 127. The number of aryl methyl sites for hydroxylation is 1. The lowest BCUT2D eigenvalue weighted by Crippen LogP contribution is -1.94. The van der Waals surface area contributed by atoms with Crippen molar-refractivity contribution >= 4 is 39.3 Å². The highest BCUT2D eigenvalue weighted by molar-refractivity contribution is 14.1. The molecule has 0 aliphatic heterocycles. The molecule has 0 radical (unpaired) electrons. The Morgan fingerprint density at radius 3 is 3.00 bits per heavy atom. The number of hydrogen-bond donors (Lipinski definition) is 0. The third-order valence-electron chi connectivity index (χ3n) is 2.23. The molecule has 0 saturated carbocycles. The lowest BCUT2D eigenvalue weighted by Gasteiger charge is -1.98. The van der Waals surface area contributed by atoms with E-state index in [2.05, 4.69) is 27.6 Å². The number of pyridine rings is 1. The van der Waals surface area contributed by atoms with Crippen LogP contribution in [-0.4, -0.2) is 14.5 Å². The summed E-state index contributed by atoms with van der Waals surface area (Å²) in [5.41, 5.74) is 0.799. The molecule has 0 spiro atoms. The van der Waals surface area contributed by atoms with Gasteiger partial charge in [-0.05, 0) is 29.5 Å². The van der Waals surface area contributed by atoms with E-state index in [0.29, 0.717) is 11.0 Å². The summed E-state index contributed by atoms with van der Waals surface area (Å²) >= 11 is 2.10. The van der Waals surface area contributed by atoms with Crippen molar-refractivity contribution in [2.45, 2.75) is 13.5 Å². The predicted molar refractivity (Wildman–Crippen MR) is 64.8 cm³/mol. The lowest BCUT2D eigenvalue weighted by molar-refractivity contribution is -0.383. The number of aromatic nitrogens is 2. The second kappa shape index (κ2) is 3.76. The number of nitrogens with zero attached hydrogens (tertiary/aromatic N) is 3. The number of rotatable bonds is 2. The molecule has 6 heteroatoms. The molecule has 2 heterocycles. The Labute approximate surface area is 99.4 Å². The summed E-state index contributed by atoms with van der Waals surface area (Å²) < 4.78 is 2.77. The summed E-state index contributed by atoms with van der Waals surface area (Å²) in [6.45, 7) is 2.74. The zero-order valence-electron chi connectivity index (χ0n) is 7.98. The molecule has 0 unspecified atom stereocenters. The third-order valence-corrected chi connectivity index (χ3v) is 3.04. The monoisotopic (exact) mass is 317 g/mol. The van der Waals surface area contributed by atoms with Gasteiger partial charge < -0.3 is 4.57 Å². The SMILES string of the molecule is CCn1cc(I)c2c([N+](=O)[O-])ccnc21. The van der Waals surface area contributed by atoms with Crippen LogP contribution in [0.4, 0.5) is 5.69 Å². The van der Waals surface area contributed by atoms with E-state index in [9.17, 15) is 10.1 Å². The standard InChI is InChI=1S/C9H8IN3O2/c1-2-12-5-6(10)8-7(13(14)15)3-4-11-9(8)12/h3-5H,2H2,1H3. The van der Waals surface area contributed by atoms with Crippen molar-refractivity contribution in [1.29, 1.82) is 0 Å². The third kappa shape index (κ3) is 1.58. The minimum atomic E-state index is -0.369. The fourth-order valence-electron chi connectivity index (χ4n) is 1.54. The summed E-state index contributed by atoms with van der Waals surface area (Å²) in [5.74, 6) is 0. The van der Waals surface area contributed by atoms with Crippen molar-refractivity contribution in [3.05, 3.63) is 32.1 Å². The number of hydrogen-bond acceptors (Lipinski definition) is 3. The molecular formula is C9H8IN3O2. The van der Waals surface area contributed by atoms with Crippen LogP contribution in [0.2, 0.25) is 0 Å². The summed E-state index contributed by atoms with van der Waals surface area (Å²) in [6.07, 6.45) is 3.36. The molecule has 2 aromatic heterocycles. The Morgan fingerprint density at radius 2 is 2.40 bits per heavy atom. The van der Waals surface area contributed by atoms with E-state index in [4.69, 9.17) is 0 Å². The van der Waals surface area contributed by atoms with E-state index < -0.39 is 0 Å². The minimum Gasteiger partial charge on any atom is -0.331 e. The zero-order chi connectivity index (χ0) is 11.0. The van der Waals surface area contributed by atoms with Crippen LogP contribution < -0.4 is 0 Å². The Kier molecular flexibility index (Phi) is 2.59. The Bertz CT molecular complexity index is 535. The van der Waals surface area contributed by atoms with Crippen molar-refractivity contribution in [2.75, 3.05) is 0 Å². The van der Waals surface area contributed by atoms with Gasteiger partial charge in [0.1, 0.15) is 11.0 Å². The molecule has 0 atom stereocenters. The topological polar surface area (TPSA) is 61.0 Å². The van der Waals surface area contributed by atoms with E-state index in [1.807, 2.05) is 17.7 Å². The van der Waals surface area contributed by atoms with Crippen LogP contribution in [0.25, 0.3) is 11.0 Å². The van der Waals surface area contributed by atoms with E-state index in [1.165, 1.54) is 12.3 Å². The average Bonchev–Trinajstić information content (AvgIpc) is 2.55. The van der Waals surface area contributed by atoms with Gasteiger partial charge in [0, 0.05) is 28.6 Å². The van der Waals surface area contributed by atoms with Gasteiger partial charge in [0.25, 0.3) is 5.69 Å². The Hall–Kier alpha value is -1.18. The summed E-state index contributed by atoms with van der Waals surface area (Å²) in [5, 5.41) is 11.5. The van der Waals surface area contributed by atoms with Crippen molar-refractivity contribution in [3.63, 3.8) is 0 Å². The van der Waals surface area contributed by atoms with Gasteiger partial charge in [-0.2, -0.15) is 0 Å². The number of nitro groups is 1. The van der Waals surface area contributed by atoms with Gasteiger partial charge in [0.2, 0.25) is 0 Å². The maximum atomic E-state index is 10.8. The molecule has 0 aliphatic carbocycles. The molecule has 15 heavy (non-hydrogen) atoms. The number of halogens is 1. The van der Waals surface area contributed by atoms with Crippen LogP contribution in [0.3, 0.4) is 0 Å². The summed E-state index contributed by atoms with van der Waals surface area (Å²) in [7, 11) is 0. The molecule has 0 bridgehead atoms. The molecule has 0 saturated heterocycles.